The highest BCUT2D eigenvalue weighted by Gasteiger charge is 2.12. The molecule has 2 aromatic rings. The Bertz CT molecular complexity index is 694. The molecule has 0 fully saturated rings. The van der Waals surface area contributed by atoms with Crippen LogP contribution in [0.5, 0.6) is 0 Å². The van der Waals surface area contributed by atoms with Gasteiger partial charge in [-0.1, -0.05) is 46.9 Å². The van der Waals surface area contributed by atoms with E-state index >= 15 is 0 Å². The van der Waals surface area contributed by atoms with Gasteiger partial charge in [-0.25, -0.2) is 4.79 Å². The van der Waals surface area contributed by atoms with Crippen molar-refractivity contribution in [1.82, 2.24) is 4.72 Å². The van der Waals surface area contributed by atoms with E-state index in [1.54, 1.807) is 24.3 Å². The molecule has 116 valence electrons. The fraction of sp³-hybridized carbons (Fsp3) is 0.133. The first kappa shape index (κ1) is 17.4. The molecule has 0 heterocycles. The van der Waals surface area contributed by atoms with Gasteiger partial charge < -0.3 is 4.74 Å². The number of nitrogens with one attached hydrogen (secondary N) is 1. The largest absolute Gasteiger partial charge is 0.465 e. The summed E-state index contributed by atoms with van der Waals surface area (Å²) in [5, 5.41) is 1.39. The zero-order valence-corrected chi connectivity index (χ0v) is 14.6. The molecule has 2 aromatic carbocycles. The zero-order chi connectivity index (χ0) is 16.1. The van der Waals surface area contributed by atoms with Gasteiger partial charge in [-0.2, -0.15) is 0 Å². The summed E-state index contributed by atoms with van der Waals surface area (Å²) in [4.78, 5) is 12.5. The first-order valence-corrected chi connectivity index (χ1v) is 8.18. The van der Waals surface area contributed by atoms with Crippen LogP contribution in [0.25, 0.3) is 0 Å². The highest BCUT2D eigenvalue weighted by Crippen LogP contribution is 2.29. The maximum absolute atomic E-state index is 11.7. The molecular formula is C15H12Cl3NO2S. The van der Waals surface area contributed by atoms with Crippen LogP contribution in [0, 0.1) is 0 Å². The summed E-state index contributed by atoms with van der Waals surface area (Å²) in [5.74, 6) is -0.377. The topological polar surface area (TPSA) is 38.3 Å². The molecule has 2 rings (SSSR count). The van der Waals surface area contributed by atoms with Gasteiger partial charge in [0.2, 0.25) is 0 Å². The third-order valence-corrected chi connectivity index (χ3v) is 4.77. The minimum absolute atomic E-state index is 0.377. The van der Waals surface area contributed by atoms with Crippen LogP contribution in [-0.2, 0) is 11.3 Å². The Morgan fingerprint density at radius 2 is 1.82 bits per heavy atom. The van der Waals surface area contributed by atoms with Crippen LogP contribution < -0.4 is 4.72 Å². The van der Waals surface area contributed by atoms with Gasteiger partial charge in [0, 0.05) is 16.5 Å². The van der Waals surface area contributed by atoms with E-state index in [1.165, 1.54) is 19.1 Å². The van der Waals surface area contributed by atoms with Gasteiger partial charge in [0.15, 0.2) is 0 Å². The normalized spacial score (nSPS) is 10.5. The van der Waals surface area contributed by atoms with Crippen LogP contribution >= 0.6 is 46.8 Å². The number of rotatable bonds is 5. The van der Waals surface area contributed by atoms with Crippen LogP contribution in [0.3, 0.4) is 0 Å². The van der Waals surface area contributed by atoms with Gasteiger partial charge in [0.1, 0.15) is 0 Å². The average molecular weight is 377 g/mol. The van der Waals surface area contributed by atoms with E-state index < -0.39 is 0 Å². The van der Waals surface area contributed by atoms with Crippen molar-refractivity contribution in [2.24, 2.45) is 0 Å². The van der Waals surface area contributed by atoms with Crippen LogP contribution in [-0.4, -0.2) is 13.1 Å². The first-order chi connectivity index (χ1) is 10.5. The lowest BCUT2D eigenvalue weighted by Gasteiger charge is -2.10. The van der Waals surface area contributed by atoms with Crippen molar-refractivity contribution >= 4 is 52.7 Å². The monoisotopic (exact) mass is 375 g/mol. The number of hydrogen-bond acceptors (Lipinski definition) is 4. The molecule has 3 nitrogen and oxygen atoms in total. The fourth-order valence-electron chi connectivity index (χ4n) is 1.73. The second-order valence-electron chi connectivity index (χ2n) is 4.27. The molecule has 1 N–H and O–H groups in total. The van der Waals surface area contributed by atoms with Crippen LogP contribution in [0.2, 0.25) is 15.1 Å². The fourth-order valence-corrected chi connectivity index (χ4v) is 3.15. The standard InChI is InChI=1S/C15H12Cl3NO2S/c1-21-15(20)10-4-2-3-5-14(10)22-19-8-9-6-12(17)13(18)7-11(9)16/h2-7,19H,8H2,1H3. The number of hydrogen-bond donors (Lipinski definition) is 1. The highest BCUT2D eigenvalue weighted by molar-refractivity contribution is 7.97. The van der Waals surface area contributed by atoms with Crippen molar-refractivity contribution < 1.29 is 9.53 Å². The number of carbonyl (C=O) groups excluding carboxylic acids is 1. The van der Waals surface area contributed by atoms with Gasteiger partial charge in [-0.3, -0.25) is 4.72 Å². The summed E-state index contributed by atoms with van der Waals surface area (Å²) < 4.78 is 7.90. The molecule has 0 spiro atoms. The van der Waals surface area contributed by atoms with E-state index in [9.17, 15) is 4.79 Å². The van der Waals surface area contributed by atoms with Gasteiger partial charge in [0.05, 0.1) is 22.7 Å². The van der Waals surface area contributed by atoms with Crippen molar-refractivity contribution in [2.75, 3.05) is 7.11 Å². The number of carbonyl (C=O) groups is 1. The molecule has 0 saturated heterocycles. The van der Waals surface area contributed by atoms with Gasteiger partial charge in [-0.15, -0.1) is 0 Å². The van der Waals surface area contributed by atoms with E-state index in [0.29, 0.717) is 27.2 Å². The highest BCUT2D eigenvalue weighted by atomic mass is 35.5. The molecule has 0 bridgehead atoms. The Balaban J connectivity index is 2.06. The molecule has 0 aliphatic rings. The van der Waals surface area contributed by atoms with E-state index in [4.69, 9.17) is 39.5 Å². The minimum Gasteiger partial charge on any atom is -0.465 e. The number of halogens is 3. The molecule has 0 amide bonds. The maximum atomic E-state index is 11.7. The second kappa shape index (κ2) is 8.09. The molecule has 7 heteroatoms. The summed E-state index contributed by atoms with van der Waals surface area (Å²) in [5.41, 5.74) is 1.32. The zero-order valence-electron chi connectivity index (χ0n) is 11.5. The van der Waals surface area contributed by atoms with Crippen LogP contribution in [0.1, 0.15) is 15.9 Å². The van der Waals surface area contributed by atoms with E-state index in [1.807, 2.05) is 12.1 Å². The smallest absolute Gasteiger partial charge is 0.339 e. The third kappa shape index (κ3) is 4.31. The number of esters is 1. The number of ether oxygens (including phenoxy) is 1. The number of methoxy groups -OCH3 is 1. The van der Waals surface area contributed by atoms with Gasteiger partial charge in [0.25, 0.3) is 0 Å². The minimum atomic E-state index is -0.377. The molecule has 0 saturated carbocycles. The van der Waals surface area contributed by atoms with Crippen LogP contribution in [0.15, 0.2) is 41.3 Å². The predicted octanol–water partition coefficient (Wildman–Crippen LogP) is 5.23. The van der Waals surface area contributed by atoms with Crippen molar-refractivity contribution in [2.45, 2.75) is 11.4 Å². The summed E-state index contributed by atoms with van der Waals surface area (Å²) in [7, 11) is 1.35. The van der Waals surface area contributed by atoms with Crippen molar-refractivity contribution in [3.05, 3.63) is 62.6 Å². The lowest BCUT2D eigenvalue weighted by atomic mass is 10.2. The van der Waals surface area contributed by atoms with Crippen molar-refractivity contribution in [3.8, 4) is 0 Å². The van der Waals surface area contributed by atoms with E-state index in [0.717, 1.165) is 10.5 Å². The molecule has 0 aromatic heterocycles. The van der Waals surface area contributed by atoms with Crippen molar-refractivity contribution in [1.29, 1.82) is 0 Å². The SMILES string of the molecule is COC(=O)c1ccccc1SNCc1cc(Cl)c(Cl)cc1Cl. The lowest BCUT2D eigenvalue weighted by molar-refractivity contribution is 0.0597. The Hall–Kier alpha value is -0.910. The molecule has 0 atom stereocenters. The Kier molecular flexibility index (Phi) is 6.41. The maximum Gasteiger partial charge on any atom is 0.339 e. The van der Waals surface area contributed by atoms with Gasteiger partial charge >= 0.3 is 5.97 Å². The second-order valence-corrected chi connectivity index (χ2v) is 6.42. The van der Waals surface area contributed by atoms with Crippen molar-refractivity contribution in [3.63, 3.8) is 0 Å². The van der Waals surface area contributed by atoms with E-state index in [2.05, 4.69) is 4.72 Å². The Labute approximate surface area is 148 Å². The molecule has 0 aliphatic heterocycles. The summed E-state index contributed by atoms with van der Waals surface area (Å²) >= 11 is 19.3. The molecule has 22 heavy (non-hydrogen) atoms. The summed E-state index contributed by atoms with van der Waals surface area (Å²) in [6.45, 7) is 0.468. The average Bonchev–Trinajstić information content (AvgIpc) is 2.52. The molecule has 0 aliphatic carbocycles. The predicted molar refractivity (Wildman–Crippen MR) is 92.0 cm³/mol. The summed E-state index contributed by atoms with van der Waals surface area (Å²) in [6.07, 6.45) is 0. The Morgan fingerprint density at radius 1 is 1.14 bits per heavy atom. The first-order valence-electron chi connectivity index (χ1n) is 6.23. The lowest BCUT2D eigenvalue weighted by Crippen LogP contribution is -2.07. The molecule has 0 radical (unpaired) electrons. The number of benzene rings is 2. The quantitative estimate of drug-likeness (QED) is 0.440. The molecule has 0 unspecified atom stereocenters. The Morgan fingerprint density at radius 3 is 2.55 bits per heavy atom. The van der Waals surface area contributed by atoms with E-state index in [-0.39, 0.29) is 5.97 Å². The van der Waals surface area contributed by atoms with Crippen LogP contribution in [0.4, 0.5) is 0 Å². The summed E-state index contributed by atoms with van der Waals surface area (Å²) in [6, 6.07) is 10.5. The van der Waals surface area contributed by atoms with Gasteiger partial charge in [-0.05, 0) is 41.8 Å². The molecular weight excluding hydrogens is 365 g/mol. The third-order valence-electron chi connectivity index (χ3n) is 2.83.